The Balaban J connectivity index is 3.43. The van der Waals surface area contributed by atoms with E-state index >= 15 is 0 Å². The molecule has 5 nitrogen and oxygen atoms in total. The van der Waals surface area contributed by atoms with Gasteiger partial charge < -0.3 is 25.5 Å². The molecule has 3 atom stereocenters. The van der Waals surface area contributed by atoms with Crippen molar-refractivity contribution in [2.45, 2.75) is 24.7 Å². The van der Waals surface area contributed by atoms with Crippen LogP contribution in [0.15, 0.2) is 0 Å². The molecule has 0 aromatic carbocycles. The van der Waals surface area contributed by atoms with Gasteiger partial charge in [0.1, 0.15) is 6.10 Å². The lowest BCUT2D eigenvalue weighted by atomic mass is 10.2. The summed E-state index contributed by atoms with van der Waals surface area (Å²) in [6.45, 7) is -0.537. The van der Waals surface area contributed by atoms with Crippen LogP contribution in [0.1, 0.15) is 6.42 Å². The van der Waals surface area contributed by atoms with E-state index in [-0.39, 0.29) is 12.4 Å². The summed E-state index contributed by atoms with van der Waals surface area (Å²) in [5.41, 5.74) is 0. The number of hydrogen-bond donors (Lipinski definition) is 5. The first kappa shape index (κ1) is 14.2. The molecule has 0 aliphatic carbocycles. The van der Waals surface area contributed by atoms with Gasteiger partial charge in [-0.2, -0.15) is 11.8 Å². The Hall–Kier alpha value is 0.150. The highest BCUT2D eigenvalue weighted by Gasteiger charge is 2.15. The zero-order valence-electron chi connectivity index (χ0n) is 7.91. The summed E-state index contributed by atoms with van der Waals surface area (Å²) < 4.78 is 0. The first-order valence-electron chi connectivity index (χ1n) is 4.45. The third-order valence-corrected chi connectivity index (χ3v) is 2.89. The molecular formula is C8H18O5S. The zero-order valence-corrected chi connectivity index (χ0v) is 8.73. The molecule has 0 bridgehead atoms. The fourth-order valence-electron chi connectivity index (χ4n) is 0.790. The summed E-state index contributed by atoms with van der Waals surface area (Å²) in [5.74, 6) is 0.653. The van der Waals surface area contributed by atoms with Crippen molar-refractivity contribution in [3.63, 3.8) is 0 Å². The first-order chi connectivity index (χ1) is 6.61. The minimum atomic E-state index is -1.13. The molecule has 0 amide bonds. The Kier molecular flexibility index (Phi) is 8.55. The molecule has 86 valence electrons. The zero-order chi connectivity index (χ0) is 11.0. The highest BCUT2D eigenvalue weighted by molar-refractivity contribution is 7.99. The van der Waals surface area contributed by atoms with Gasteiger partial charge >= 0.3 is 0 Å². The van der Waals surface area contributed by atoms with E-state index in [0.29, 0.717) is 12.2 Å². The highest BCUT2D eigenvalue weighted by Crippen LogP contribution is 2.09. The van der Waals surface area contributed by atoms with Crippen LogP contribution in [0.2, 0.25) is 0 Å². The van der Waals surface area contributed by atoms with Crippen LogP contribution < -0.4 is 0 Å². The lowest BCUT2D eigenvalue weighted by Crippen LogP contribution is -2.31. The average Bonchev–Trinajstić information content (AvgIpc) is 2.16. The lowest BCUT2D eigenvalue weighted by Gasteiger charge is -2.15. The maximum Gasteiger partial charge on any atom is 0.104 e. The molecule has 6 heteroatoms. The Labute approximate surface area is 87.4 Å². The summed E-state index contributed by atoms with van der Waals surface area (Å²) in [5, 5.41) is 44.3. The Morgan fingerprint density at radius 3 is 2.07 bits per heavy atom. The van der Waals surface area contributed by atoms with Crippen LogP contribution in [0.3, 0.4) is 0 Å². The number of thioether (sulfide) groups is 1. The van der Waals surface area contributed by atoms with E-state index in [0.717, 1.165) is 0 Å². The smallest absolute Gasteiger partial charge is 0.104 e. The summed E-state index contributed by atoms with van der Waals surface area (Å²) in [7, 11) is 0. The molecule has 0 rings (SSSR count). The van der Waals surface area contributed by atoms with E-state index in [2.05, 4.69) is 0 Å². The topological polar surface area (TPSA) is 101 Å². The second-order valence-corrected chi connectivity index (χ2v) is 4.10. The largest absolute Gasteiger partial charge is 0.396 e. The molecule has 0 fully saturated rings. The average molecular weight is 226 g/mol. The van der Waals surface area contributed by atoms with Crippen molar-refractivity contribution in [3.8, 4) is 0 Å². The van der Waals surface area contributed by atoms with Crippen LogP contribution in [0.5, 0.6) is 0 Å². The predicted molar refractivity (Wildman–Crippen MR) is 54.1 cm³/mol. The molecule has 0 heterocycles. The maximum atomic E-state index is 9.20. The first-order valence-corrected chi connectivity index (χ1v) is 5.61. The summed E-state index contributed by atoms with van der Waals surface area (Å²) in [6, 6.07) is 0. The lowest BCUT2D eigenvalue weighted by molar-refractivity contribution is -0.00194. The molecule has 0 spiro atoms. The van der Waals surface area contributed by atoms with Gasteiger partial charge in [0.05, 0.1) is 18.8 Å². The standard InChI is InChI=1S/C8H18O5S/c9-2-1-6(11)4-14-5-8(13)7(12)3-10/h6-13H,1-5H2/t6-,7-,8-/m1/s1. The van der Waals surface area contributed by atoms with Gasteiger partial charge in [-0.25, -0.2) is 0 Å². The molecule has 0 aliphatic heterocycles. The molecule has 0 aromatic heterocycles. The van der Waals surface area contributed by atoms with Crippen LogP contribution >= 0.6 is 11.8 Å². The number of rotatable bonds is 8. The van der Waals surface area contributed by atoms with Crippen molar-refractivity contribution in [1.29, 1.82) is 0 Å². The van der Waals surface area contributed by atoms with Gasteiger partial charge in [-0.1, -0.05) is 0 Å². The number of aliphatic hydroxyl groups excluding tert-OH is 5. The van der Waals surface area contributed by atoms with Crippen molar-refractivity contribution >= 4 is 11.8 Å². The second-order valence-electron chi connectivity index (χ2n) is 3.02. The second kappa shape index (κ2) is 8.46. The number of aliphatic hydroxyl groups is 5. The fourth-order valence-corrected chi connectivity index (χ4v) is 1.83. The summed E-state index contributed by atoms with van der Waals surface area (Å²) in [4.78, 5) is 0. The molecular weight excluding hydrogens is 208 g/mol. The quantitative estimate of drug-likeness (QED) is 0.334. The Bertz CT molecular complexity index is 135. The Morgan fingerprint density at radius 2 is 1.57 bits per heavy atom. The van der Waals surface area contributed by atoms with Crippen LogP contribution in [-0.4, -0.2) is 68.6 Å². The van der Waals surface area contributed by atoms with Gasteiger partial charge in [0.15, 0.2) is 0 Å². The summed E-state index contributed by atoms with van der Waals surface area (Å²) >= 11 is 1.27. The van der Waals surface area contributed by atoms with E-state index in [1.165, 1.54) is 11.8 Å². The molecule has 0 saturated heterocycles. The minimum Gasteiger partial charge on any atom is -0.396 e. The van der Waals surface area contributed by atoms with E-state index < -0.39 is 24.9 Å². The van der Waals surface area contributed by atoms with Crippen molar-refractivity contribution in [2.24, 2.45) is 0 Å². The van der Waals surface area contributed by atoms with E-state index in [1.807, 2.05) is 0 Å². The highest BCUT2D eigenvalue weighted by atomic mass is 32.2. The molecule has 0 radical (unpaired) electrons. The number of hydrogen-bond acceptors (Lipinski definition) is 6. The monoisotopic (exact) mass is 226 g/mol. The van der Waals surface area contributed by atoms with Gasteiger partial charge in [0.2, 0.25) is 0 Å². The molecule has 0 aromatic rings. The minimum absolute atomic E-state index is 0.0659. The van der Waals surface area contributed by atoms with E-state index in [9.17, 15) is 10.2 Å². The fraction of sp³-hybridized carbons (Fsp3) is 1.00. The third-order valence-electron chi connectivity index (χ3n) is 1.69. The Morgan fingerprint density at radius 1 is 0.929 bits per heavy atom. The van der Waals surface area contributed by atoms with E-state index in [4.69, 9.17) is 15.3 Å². The van der Waals surface area contributed by atoms with Gasteiger partial charge in [-0.3, -0.25) is 0 Å². The summed E-state index contributed by atoms with van der Waals surface area (Å²) in [6.07, 6.45) is -2.39. The van der Waals surface area contributed by atoms with Crippen LogP contribution in [0, 0.1) is 0 Å². The van der Waals surface area contributed by atoms with Crippen molar-refractivity contribution in [1.82, 2.24) is 0 Å². The molecule has 5 N–H and O–H groups in total. The predicted octanol–water partition coefficient (Wildman–Crippen LogP) is -1.82. The van der Waals surface area contributed by atoms with Crippen molar-refractivity contribution < 1.29 is 25.5 Å². The van der Waals surface area contributed by atoms with Gasteiger partial charge in [-0.05, 0) is 6.42 Å². The third kappa shape index (κ3) is 6.58. The van der Waals surface area contributed by atoms with Crippen LogP contribution in [0.4, 0.5) is 0 Å². The molecule has 0 unspecified atom stereocenters. The van der Waals surface area contributed by atoms with Crippen LogP contribution in [-0.2, 0) is 0 Å². The SMILES string of the molecule is OCC[C@@H](O)CSC[C@@H](O)[C@H](O)CO. The van der Waals surface area contributed by atoms with Gasteiger partial charge in [0.25, 0.3) is 0 Å². The van der Waals surface area contributed by atoms with Crippen molar-refractivity contribution in [2.75, 3.05) is 24.7 Å². The van der Waals surface area contributed by atoms with Crippen molar-refractivity contribution in [3.05, 3.63) is 0 Å². The normalized spacial score (nSPS) is 17.8. The van der Waals surface area contributed by atoms with E-state index in [1.54, 1.807) is 0 Å². The van der Waals surface area contributed by atoms with Crippen LogP contribution in [0.25, 0.3) is 0 Å². The van der Waals surface area contributed by atoms with Gasteiger partial charge in [-0.15, -0.1) is 0 Å². The maximum absolute atomic E-state index is 9.20. The molecule has 14 heavy (non-hydrogen) atoms. The van der Waals surface area contributed by atoms with Gasteiger partial charge in [0, 0.05) is 18.1 Å². The molecule has 0 saturated carbocycles. The molecule has 0 aliphatic rings.